The minimum Gasteiger partial charge on any atom is -0.326 e. The second-order valence-corrected chi connectivity index (χ2v) is 5.37. The van der Waals surface area contributed by atoms with E-state index in [4.69, 9.17) is 5.73 Å². The van der Waals surface area contributed by atoms with Gasteiger partial charge in [-0.25, -0.2) is 0 Å². The van der Waals surface area contributed by atoms with Crippen LogP contribution in [-0.2, 0) is 6.54 Å². The molecule has 2 heterocycles. The average molecular weight is 241 g/mol. The fourth-order valence-electron chi connectivity index (χ4n) is 2.71. The van der Waals surface area contributed by atoms with E-state index < -0.39 is 0 Å². The van der Waals surface area contributed by atoms with E-state index in [1.807, 2.05) is 12.3 Å². The Kier molecular flexibility index (Phi) is 3.02. The van der Waals surface area contributed by atoms with Crippen LogP contribution in [0.4, 0.5) is 0 Å². The lowest BCUT2D eigenvalue weighted by Crippen LogP contribution is -2.28. The fraction of sp³-hybridized carbons (Fsp3) is 0.400. The molecule has 3 heteroatoms. The van der Waals surface area contributed by atoms with Gasteiger partial charge in [0.2, 0.25) is 0 Å². The molecular formula is C15H19N3. The number of rotatable bonds is 2. The summed E-state index contributed by atoms with van der Waals surface area (Å²) < 4.78 is 0. The van der Waals surface area contributed by atoms with Crippen molar-refractivity contribution in [3.05, 3.63) is 42.1 Å². The fourth-order valence-corrected chi connectivity index (χ4v) is 2.71. The van der Waals surface area contributed by atoms with Gasteiger partial charge in [0.25, 0.3) is 0 Å². The largest absolute Gasteiger partial charge is 0.326 e. The van der Waals surface area contributed by atoms with Crippen molar-refractivity contribution in [1.82, 2.24) is 9.88 Å². The van der Waals surface area contributed by atoms with Gasteiger partial charge in [-0.2, -0.15) is 0 Å². The number of nitrogens with two attached hydrogens (primary N) is 1. The van der Waals surface area contributed by atoms with Crippen LogP contribution in [0.1, 0.15) is 12.5 Å². The van der Waals surface area contributed by atoms with E-state index in [1.54, 1.807) is 0 Å². The molecule has 0 bridgehead atoms. The summed E-state index contributed by atoms with van der Waals surface area (Å²) in [6, 6.07) is 10.9. The topological polar surface area (TPSA) is 42.2 Å². The molecule has 1 aromatic heterocycles. The molecule has 3 nitrogen and oxygen atoms in total. The number of aromatic nitrogens is 1. The van der Waals surface area contributed by atoms with Crippen molar-refractivity contribution in [3.63, 3.8) is 0 Å². The number of pyridine rings is 1. The third-order valence-corrected chi connectivity index (χ3v) is 3.82. The molecule has 1 aliphatic heterocycles. The Bertz CT molecular complexity index is 542. The molecule has 1 aliphatic rings. The molecule has 0 saturated carbocycles. The molecule has 1 fully saturated rings. The minimum atomic E-state index is 0.326. The Morgan fingerprint density at radius 2 is 2.22 bits per heavy atom. The van der Waals surface area contributed by atoms with Crippen molar-refractivity contribution in [2.24, 2.45) is 11.7 Å². The van der Waals surface area contributed by atoms with E-state index in [0.717, 1.165) is 25.2 Å². The van der Waals surface area contributed by atoms with E-state index in [2.05, 4.69) is 41.1 Å². The average Bonchev–Trinajstić information content (AvgIpc) is 2.68. The molecule has 3 rings (SSSR count). The smallest absolute Gasteiger partial charge is 0.0702 e. The van der Waals surface area contributed by atoms with Gasteiger partial charge in [-0.1, -0.05) is 19.1 Å². The zero-order chi connectivity index (χ0) is 12.5. The number of fused-ring (bicyclic) bond motifs is 1. The normalized spacial score (nSPS) is 24.8. The summed E-state index contributed by atoms with van der Waals surface area (Å²) in [6.45, 7) is 5.33. The second kappa shape index (κ2) is 4.67. The summed E-state index contributed by atoms with van der Waals surface area (Å²) in [4.78, 5) is 6.78. The van der Waals surface area contributed by atoms with Crippen LogP contribution in [0.15, 0.2) is 36.5 Å². The Morgan fingerprint density at radius 1 is 1.33 bits per heavy atom. The zero-order valence-corrected chi connectivity index (χ0v) is 10.7. The van der Waals surface area contributed by atoms with Crippen molar-refractivity contribution in [3.8, 4) is 0 Å². The van der Waals surface area contributed by atoms with E-state index >= 15 is 0 Å². The van der Waals surface area contributed by atoms with Crippen molar-refractivity contribution >= 4 is 10.9 Å². The summed E-state index contributed by atoms with van der Waals surface area (Å²) in [7, 11) is 0. The van der Waals surface area contributed by atoms with Gasteiger partial charge in [0.1, 0.15) is 0 Å². The maximum Gasteiger partial charge on any atom is 0.0702 e. The van der Waals surface area contributed by atoms with Crippen molar-refractivity contribution in [2.45, 2.75) is 19.5 Å². The molecule has 1 aromatic carbocycles. The number of nitrogens with zero attached hydrogens (tertiary/aromatic N) is 2. The van der Waals surface area contributed by atoms with E-state index in [1.165, 1.54) is 10.9 Å². The number of hydrogen-bond donors (Lipinski definition) is 1. The van der Waals surface area contributed by atoms with E-state index in [-0.39, 0.29) is 0 Å². The maximum atomic E-state index is 6.06. The highest BCUT2D eigenvalue weighted by Gasteiger charge is 2.26. The van der Waals surface area contributed by atoms with Gasteiger partial charge in [0.15, 0.2) is 0 Å². The molecule has 94 valence electrons. The molecule has 0 spiro atoms. The third kappa shape index (κ3) is 2.24. The van der Waals surface area contributed by atoms with Crippen molar-refractivity contribution in [2.75, 3.05) is 13.1 Å². The third-order valence-electron chi connectivity index (χ3n) is 3.82. The van der Waals surface area contributed by atoms with Crippen LogP contribution in [-0.4, -0.2) is 29.0 Å². The first-order valence-electron chi connectivity index (χ1n) is 6.54. The number of benzene rings is 1. The van der Waals surface area contributed by atoms with Gasteiger partial charge in [-0.05, 0) is 29.7 Å². The minimum absolute atomic E-state index is 0.326. The summed E-state index contributed by atoms with van der Waals surface area (Å²) in [5.74, 6) is 0.604. The summed E-state index contributed by atoms with van der Waals surface area (Å²) >= 11 is 0. The predicted molar refractivity (Wildman–Crippen MR) is 74.2 cm³/mol. The standard InChI is InChI=1S/C15H19N3/c1-11-8-18(10-14(11)16)9-12-4-5-15-13(7-12)3-2-6-17-15/h2-7,11,14H,8-10,16H2,1H3. The summed E-state index contributed by atoms with van der Waals surface area (Å²) in [5, 5.41) is 1.21. The van der Waals surface area contributed by atoms with Crippen molar-refractivity contribution < 1.29 is 0 Å². The molecule has 2 N–H and O–H groups in total. The van der Waals surface area contributed by atoms with Gasteiger partial charge in [0.05, 0.1) is 5.52 Å². The Hall–Kier alpha value is -1.45. The molecule has 2 unspecified atom stereocenters. The van der Waals surface area contributed by atoms with E-state index in [0.29, 0.717) is 12.0 Å². The van der Waals surface area contributed by atoms with Gasteiger partial charge in [0, 0.05) is 37.3 Å². The SMILES string of the molecule is CC1CN(Cc2ccc3ncccc3c2)CC1N. The highest BCUT2D eigenvalue weighted by atomic mass is 15.2. The van der Waals surface area contributed by atoms with Crippen LogP contribution in [0.2, 0.25) is 0 Å². The molecule has 0 amide bonds. The number of hydrogen-bond acceptors (Lipinski definition) is 3. The predicted octanol–water partition coefficient (Wildman–Crippen LogP) is 2.01. The van der Waals surface area contributed by atoms with Gasteiger partial charge < -0.3 is 5.73 Å². The van der Waals surface area contributed by atoms with Crippen LogP contribution < -0.4 is 5.73 Å². The number of likely N-dealkylation sites (tertiary alicyclic amines) is 1. The highest BCUT2D eigenvalue weighted by Crippen LogP contribution is 2.19. The van der Waals surface area contributed by atoms with Crippen LogP contribution in [0.3, 0.4) is 0 Å². The Labute approximate surface area is 108 Å². The molecule has 0 radical (unpaired) electrons. The molecule has 2 atom stereocenters. The first-order chi connectivity index (χ1) is 8.72. The molecule has 1 saturated heterocycles. The lowest BCUT2D eigenvalue weighted by Gasteiger charge is -2.15. The lowest BCUT2D eigenvalue weighted by atomic mass is 10.1. The first kappa shape index (κ1) is 11.6. The highest BCUT2D eigenvalue weighted by molar-refractivity contribution is 5.78. The molecule has 0 aliphatic carbocycles. The monoisotopic (exact) mass is 241 g/mol. The van der Waals surface area contributed by atoms with Crippen LogP contribution >= 0.6 is 0 Å². The maximum absolute atomic E-state index is 6.06. The second-order valence-electron chi connectivity index (χ2n) is 5.37. The van der Waals surface area contributed by atoms with Crippen LogP contribution in [0, 0.1) is 5.92 Å². The van der Waals surface area contributed by atoms with Gasteiger partial charge >= 0.3 is 0 Å². The lowest BCUT2D eigenvalue weighted by molar-refractivity contribution is 0.319. The van der Waals surface area contributed by atoms with Gasteiger partial charge in [-0.3, -0.25) is 9.88 Å². The Balaban J connectivity index is 1.79. The quantitative estimate of drug-likeness (QED) is 0.874. The molecule has 2 aromatic rings. The van der Waals surface area contributed by atoms with Gasteiger partial charge in [-0.15, -0.1) is 0 Å². The van der Waals surface area contributed by atoms with E-state index in [9.17, 15) is 0 Å². The first-order valence-corrected chi connectivity index (χ1v) is 6.54. The molecule has 18 heavy (non-hydrogen) atoms. The Morgan fingerprint density at radius 3 is 3.00 bits per heavy atom. The molecular weight excluding hydrogens is 222 g/mol. The summed E-state index contributed by atoms with van der Waals surface area (Å²) in [5.41, 5.74) is 8.47. The van der Waals surface area contributed by atoms with Crippen LogP contribution in [0.25, 0.3) is 10.9 Å². The van der Waals surface area contributed by atoms with Crippen molar-refractivity contribution in [1.29, 1.82) is 0 Å². The van der Waals surface area contributed by atoms with Crippen LogP contribution in [0.5, 0.6) is 0 Å². The zero-order valence-electron chi connectivity index (χ0n) is 10.7. The summed E-state index contributed by atoms with van der Waals surface area (Å²) in [6.07, 6.45) is 1.84.